The van der Waals surface area contributed by atoms with Gasteiger partial charge in [-0.05, 0) is 25.0 Å². The summed E-state index contributed by atoms with van der Waals surface area (Å²) in [6.45, 7) is 0. The molecule has 0 saturated heterocycles. The zero-order chi connectivity index (χ0) is 15.4. The van der Waals surface area contributed by atoms with Gasteiger partial charge in [-0.3, -0.25) is 9.59 Å². The summed E-state index contributed by atoms with van der Waals surface area (Å²) in [6, 6.07) is 4.68. The molecule has 1 aromatic carbocycles. The van der Waals surface area contributed by atoms with Crippen LogP contribution in [0.25, 0.3) is 0 Å². The van der Waals surface area contributed by atoms with E-state index in [1.54, 1.807) is 18.2 Å². The Labute approximate surface area is 123 Å². The second-order valence-corrected chi connectivity index (χ2v) is 5.00. The number of ether oxygens (including phenoxy) is 2. The summed E-state index contributed by atoms with van der Waals surface area (Å²) < 4.78 is 10.4. The first kappa shape index (κ1) is 15.2. The Morgan fingerprint density at radius 2 is 2.00 bits per heavy atom. The van der Waals surface area contributed by atoms with E-state index in [0.29, 0.717) is 29.9 Å². The van der Waals surface area contributed by atoms with Gasteiger partial charge >= 0.3 is 5.97 Å². The van der Waals surface area contributed by atoms with E-state index in [1.165, 1.54) is 14.2 Å². The lowest BCUT2D eigenvalue weighted by Crippen LogP contribution is -2.40. The van der Waals surface area contributed by atoms with Gasteiger partial charge in [0.25, 0.3) is 5.91 Å². The molecule has 0 aliphatic heterocycles. The number of carboxylic acid groups (broad SMARTS) is 1. The zero-order valence-electron chi connectivity index (χ0n) is 12.1. The van der Waals surface area contributed by atoms with Gasteiger partial charge in [0.2, 0.25) is 0 Å². The molecule has 114 valence electrons. The Morgan fingerprint density at radius 1 is 1.24 bits per heavy atom. The second kappa shape index (κ2) is 6.47. The molecule has 0 radical (unpaired) electrons. The molecule has 0 spiro atoms. The zero-order valence-corrected chi connectivity index (χ0v) is 12.1. The molecule has 21 heavy (non-hydrogen) atoms. The number of nitrogens with one attached hydrogen (secondary N) is 1. The van der Waals surface area contributed by atoms with Gasteiger partial charge in [0.05, 0.1) is 25.7 Å². The number of carbonyl (C=O) groups excluding carboxylic acids is 1. The number of carbonyl (C=O) groups is 2. The van der Waals surface area contributed by atoms with Crippen molar-refractivity contribution in [1.29, 1.82) is 0 Å². The number of benzene rings is 1. The number of hydrogen-bond acceptors (Lipinski definition) is 4. The molecule has 1 fully saturated rings. The smallest absolute Gasteiger partial charge is 0.308 e. The molecule has 6 heteroatoms. The third kappa shape index (κ3) is 3.09. The van der Waals surface area contributed by atoms with Crippen LogP contribution in [0.3, 0.4) is 0 Å². The number of amides is 1. The van der Waals surface area contributed by atoms with Crippen LogP contribution in [0.1, 0.15) is 29.6 Å². The van der Waals surface area contributed by atoms with Crippen LogP contribution in [0.15, 0.2) is 18.2 Å². The maximum absolute atomic E-state index is 12.4. The van der Waals surface area contributed by atoms with E-state index in [0.717, 1.165) is 6.42 Å². The van der Waals surface area contributed by atoms with Crippen molar-refractivity contribution < 1.29 is 24.2 Å². The van der Waals surface area contributed by atoms with Crippen LogP contribution < -0.4 is 14.8 Å². The third-order valence-corrected chi connectivity index (χ3v) is 3.80. The van der Waals surface area contributed by atoms with E-state index in [2.05, 4.69) is 5.32 Å². The third-order valence-electron chi connectivity index (χ3n) is 3.80. The standard InChI is InChI=1S/C15H19NO5/c1-20-12-8-4-6-10(13(12)21-2)14(17)16-11-7-3-5-9(11)15(18)19/h4,6,8-9,11H,3,5,7H2,1-2H3,(H,16,17)(H,18,19)/t9-,11+/m0/s1. The molecule has 2 N–H and O–H groups in total. The monoisotopic (exact) mass is 293 g/mol. The van der Waals surface area contributed by atoms with E-state index in [-0.39, 0.29) is 11.9 Å². The maximum atomic E-state index is 12.4. The van der Waals surface area contributed by atoms with Gasteiger partial charge in [-0.15, -0.1) is 0 Å². The fourth-order valence-electron chi connectivity index (χ4n) is 2.74. The molecule has 1 saturated carbocycles. The molecular weight excluding hydrogens is 274 g/mol. The molecular formula is C15H19NO5. The number of rotatable bonds is 5. The first-order valence-corrected chi connectivity index (χ1v) is 6.83. The quantitative estimate of drug-likeness (QED) is 0.863. The summed E-state index contributed by atoms with van der Waals surface area (Å²) in [5.41, 5.74) is 0.341. The number of para-hydroxylation sites is 1. The van der Waals surface area contributed by atoms with Crippen molar-refractivity contribution in [2.24, 2.45) is 5.92 Å². The van der Waals surface area contributed by atoms with Crippen molar-refractivity contribution in [3.05, 3.63) is 23.8 Å². The van der Waals surface area contributed by atoms with E-state index >= 15 is 0 Å². The SMILES string of the molecule is COc1cccc(C(=O)N[C@@H]2CCC[C@@H]2C(=O)O)c1OC. The van der Waals surface area contributed by atoms with Crippen molar-refractivity contribution in [3.63, 3.8) is 0 Å². The van der Waals surface area contributed by atoms with Crippen LogP contribution in [0, 0.1) is 5.92 Å². The molecule has 1 amide bonds. The topological polar surface area (TPSA) is 84.9 Å². The summed E-state index contributed by atoms with van der Waals surface area (Å²) in [5, 5.41) is 12.0. The lowest BCUT2D eigenvalue weighted by atomic mass is 10.0. The van der Waals surface area contributed by atoms with Gasteiger partial charge in [-0.1, -0.05) is 12.5 Å². The molecule has 0 bridgehead atoms. The minimum Gasteiger partial charge on any atom is -0.493 e. The van der Waals surface area contributed by atoms with Gasteiger partial charge < -0.3 is 19.9 Å². The van der Waals surface area contributed by atoms with Gasteiger partial charge in [0.15, 0.2) is 11.5 Å². The number of carboxylic acids is 1. The average Bonchev–Trinajstić information content (AvgIpc) is 2.94. The Hall–Kier alpha value is -2.24. The van der Waals surface area contributed by atoms with Crippen molar-refractivity contribution in [3.8, 4) is 11.5 Å². The lowest BCUT2D eigenvalue weighted by Gasteiger charge is -2.19. The van der Waals surface area contributed by atoms with E-state index < -0.39 is 11.9 Å². The summed E-state index contributed by atoms with van der Waals surface area (Å²) in [5.74, 6) is -0.918. The largest absolute Gasteiger partial charge is 0.493 e. The Bertz CT molecular complexity index is 543. The van der Waals surface area contributed by atoms with Gasteiger partial charge in [-0.2, -0.15) is 0 Å². The first-order chi connectivity index (χ1) is 10.1. The van der Waals surface area contributed by atoms with Gasteiger partial charge in [0.1, 0.15) is 0 Å². The lowest BCUT2D eigenvalue weighted by molar-refractivity contribution is -0.142. The molecule has 1 aliphatic rings. The molecule has 0 heterocycles. The normalized spacial score (nSPS) is 20.9. The maximum Gasteiger partial charge on any atom is 0.308 e. The Morgan fingerprint density at radius 3 is 2.62 bits per heavy atom. The minimum atomic E-state index is -0.865. The summed E-state index contributed by atoms with van der Waals surface area (Å²) in [4.78, 5) is 23.5. The van der Waals surface area contributed by atoms with Crippen molar-refractivity contribution in [2.45, 2.75) is 25.3 Å². The highest BCUT2D eigenvalue weighted by atomic mass is 16.5. The average molecular weight is 293 g/mol. The summed E-state index contributed by atoms with van der Waals surface area (Å²) in [7, 11) is 2.96. The second-order valence-electron chi connectivity index (χ2n) is 5.00. The van der Waals surface area contributed by atoms with E-state index in [4.69, 9.17) is 14.6 Å². The Balaban J connectivity index is 2.19. The number of methoxy groups -OCH3 is 2. The van der Waals surface area contributed by atoms with Crippen molar-refractivity contribution in [1.82, 2.24) is 5.32 Å². The van der Waals surface area contributed by atoms with Crippen molar-refractivity contribution >= 4 is 11.9 Å². The predicted octanol–water partition coefficient (Wildman–Crippen LogP) is 1.69. The van der Waals surface area contributed by atoms with Crippen LogP contribution in [-0.2, 0) is 4.79 Å². The molecule has 2 atom stereocenters. The fraction of sp³-hybridized carbons (Fsp3) is 0.467. The highest BCUT2D eigenvalue weighted by Crippen LogP contribution is 2.31. The van der Waals surface area contributed by atoms with Crippen LogP contribution in [-0.4, -0.2) is 37.2 Å². The van der Waals surface area contributed by atoms with Gasteiger partial charge in [0, 0.05) is 6.04 Å². The highest BCUT2D eigenvalue weighted by Gasteiger charge is 2.34. The van der Waals surface area contributed by atoms with Crippen LogP contribution in [0.2, 0.25) is 0 Å². The number of aliphatic carboxylic acids is 1. The van der Waals surface area contributed by atoms with E-state index in [9.17, 15) is 9.59 Å². The van der Waals surface area contributed by atoms with Gasteiger partial charge in [-0.25, -0.2) is 0 Å². The van der Waals surface area contributed by atoms with Crippen LogP contribution in [0.4, 0.5) is 0 Å². The van der Waals surface area contributed by atoms with E-state index in [1.807, 2.05) is 0 Å². The van der Waals surface area contributed by atoms with Crippen LogP contribution >= 0.6 is 0 Å². The molecule has 2 rings (SSSR count). The minimum absolute atomic E-state index is 0.341. The summed E-state index contributed by atoms with van der Waals surface area (Å²) >= 11 is 0. The van der Waals surface area contributed by atoms with Crippen molar-refractivity contribution in [2.75, 3.05) is 14.2 Å². The summed E-state index contributed by atoms with van der Waals surface area (Å²) in [6.07, 6.45) is 2.07. The van der Waals surface area contributed by atoms with Crippen LogP contribution in [0.5, 0.6) is 11.5 Å². The first-order valence-electron chi connectivity index (χ1n) is 6.83. The molecule has 0 unspecified atom stereocenters. The predicted molar refractivity (Wildman–Crippen MR) is 75.8 cm³/mol. The molecule has 1 aliphatic carbocycles. The number of hydrogen-bond donors (Lipinski definition) is 2. The molecule has 0 aromatic heterocycles. The highest BCUT2D eigenvalue weighted by molar-refractivity contribution is 5.98. The fourth-order valence-corrected chi connectivity index (χ4v) is 2.74. The Kier molecular flexibility index (Phi) is 4.67. The molecule has 6 nitrogen and oxygen atoms in total. The molecule has 1 aromatic rings.